The number of hydrogen-bond acceptors (Lipinski definition) is 5. The van der Waals surface area contributed by atoms with E-state index in [1.54, 1.807) is 24.3 Å². The summed E-state index contributed by atoms with van der Waals surface area (Å²) in [6.07, 6.45) is 0.147. The van der Waals surface area contributed by atoms with Gasteiger partial charge in [-0.3, -0.25) is 9.59 Å². The van der Waals surface area contributed by atoms with Gasteiger partial charge in [-0.05, 0) is 30.5 Å². The summed E-state index contributed by atoms with van der Waals surface area (Å²) < 4.78 is 5.31. The number of para-hydroxylation sites is 1. The molecule has 0 saturated heterocycles. The molecule has 0 bridgehead atoms. The van der Waals surface area contributed by atoms with Crippen LogP contribution in [0.5, 0.6) is 5.75 Å². The summed E-state index contributed by atoms with van der Waals surface area (Å²) in [4.78, 5) is 37.5. The molecule has 2 atom stereocenters. The highest BCUT2D eigenvalue weighted by Crippen LogP contribution is 2.39. The highest BCUT2D eigenvalue weighted by atomic mass is 32.1. The number of esters is 1. The van der Waals surface area contributed by atoms with Crippen molar-refractivity contribution in [2.75, 3.05) is 0 Å². The van der Waals surface area contributed by atoms with Crippen LogP contribution in [0.1, 0.15) is 34.5 Å². The van der Waals surface area contributed by atoms with Gasteiger partial charge in [0.25, 0.3) is 0 Å². The predicted octanol–water partition coefficient (Wildman–Crippen LogP) is 3.23. The largest absolute Gasteiger partial charge is 0.425 e. The summed E-state index contributed by atoms with van der Waals surface area (Å²) in [5, 5.41) is 1.87. The number of Topliss-reactive ketones (excluding diaryl/α,β-unsaturated/α-hetero) is 2. The zero-order valence-electron chi connectivity index (χ0n) is 11.9. The highest BCUT2D eigenvalue weighted by Gasteiger charge is 2.43. The second kappa shape index (κ2) is 5.85. The van der Waals surface area contributed by atoms with Crippen LogP contribution in [0.25, 0.3) is 0 Å². The number of ether oxygens (including phenoxy) is 1. The smallest absolute Gasteiger partial charge is 0.322 e. The van der Waals surface area contributed by atoms with Crippen molar-refractivity contribution in [3.8, 4) is 5.75 Å². The van der Waals surface area contributed by atoms with E-state index < -0.39 is 17.8 Å². The van der Waals surface area contributed by atoms with Gasteiger partial charge in [0.15, 0.2) is 5.78 Å². The Morgan fingerprint density at radius 3 is 2.68 bits per heavy atom. The van der Waals surface area contributed by atoms with E-state index in [0.29, 0.717) is 11.3 Å². The van der Waals surface area contributed by atoms with E-state index in [4.69, 9.17) is 4.74 Å². The molecule has 0 radical (unpaired) electrons. The molecule has 1 aliphatic rings. The molecule has 0 saturated carbocycles. The SMILES string of the molecule is CC(=O)CC(c1cccs1)C1C(=O)Oc2ccccc2C1=O. The van der Waals surface area contributed by atoms with Crippen molar-refractivity contribution < 1.29 is 19.1 Å². The van der Waals surface area contributed by atoms with Gasteiger partial charge in [0.05, 0.1) is 5.56 Å². The molecule has 1 aromatic carbocycles. The predicted molar refractivity (Wildman–Crippen MR) is 82.3 cm³/mol. The number of thiophene rings is 1. The fourth-order valence-corrected chi connectivity index (χ4v) is 3.61. The first-order valence-electron chi connectivity index (χ1n) is 6.95. The molecule has 0 spiro atoms. The minimum absolute atomic E-state index is 0.0575. The fourth-order valence-electron chi connectivity index (χ4n) is 2.75. The Balaban J connectivity index is 2.03. The minimum Gasteiger partial charge on any atom is -0.425 e. The summed E-state index contributed by atoms with van der Waals surface area (Å²) in [7, 11) is 0. The van der Waals surface area contributed by atoms with Crippen LogP contribution in [-0.4, -0.2) is 17.5 Å². The van der Waals surface area contributed by atoms with Crippen LogP contribution in [-0.2, 0) is 9.59 Å². The van der Waals surface area contributed by atoms with Crippen molar-refractivity contribution in [2.24, 2.45) is 5.92 Å². The Morgan fingerprint density at radius 2 is 2.00 bits per heavy atom. The molecule has 0 amide bonds. The van der Waals surface area contributed by atoms with Crippen molar-refractivity contribution in [1.29, 1.82) is 0 Å². The second-order valence-corrected chi connectivity index (χ2v) is 6.27. The molecule has 0 N–H and O–H groups in total. The third-order valence-corrected chi connectivity index (χ3v) is 4.72. The molecule has 4 nitrogen and oxygen atoms in total. The molecule has 2 aromatic rings. The normalized spacial score (nSPS) is 18.5. The van der Waals surface area contributed by atoms with Crippen molar-refractivity contribution in [3.05, 3.63) is 52.2 Å². The number of fused-ring (bicyclic) bond motifs is 1. The maximum Gasteiger partial charge on any atom is 0.322 e. The highest BCUT2D eigenvalue weighted by molar-refractivity contribution is 7.10. The molecule has 0 aliphatic carbocycles. The molecule has 2 unspecified atom stereocenters. The first kappa shape index (κ1) is 14.7. The van der Waals surface area contributed by atoms with Gasteiger partial charge in [0.1, 0.15) is 17.5 Å². The Hall–Kier alpha value is -2.27. The van der Waals surface area contributed by atoms with Gasteiger partial charge in [0.2, 0.25) is 0 Å². The number of ketones is 2. The number of benzene rings is 1. The van der Waals surface area contributed by atoms with Gasteiger partial charge in [0, 0.05) is 17.2 Å². The van der Waals surface area contributed by atoms with Crippen LogP contribution in [0, 0.1) is 5.92 Å². The molecule has 3 rings (SSSR count). The van der Waals surface area contributed by atoms with Crippen molar-refractivity contribution in [2.45, 2.75) is 19.3 Å². The van der Waals surface area contributed by atoms with E-state index in [0.717, 1.165) is 4.88 Å². The van der Waals surface area contributed by atoms with Gasteiger partial charge in [-0.1, -0.05) is 18.2 Å². The topological polar surface area (TPSA) is 60.4 Å². The van der Waals surface area contributed by atoms with E-state index in [-0.39, 0.29) is 18.0 Å². The van der Waals surface area contributed by atoms with Gasteiger partial charge in [-0.2, -0.15) is 0 Å². The molecule has 22 heavy (non-hydrogen) atoms. The zero-order valence-corrected chi connectivity index (χ0v) is 12.8. The zero-order chi connectivity index (χ0) is 15.7. The van der Waals surface area contributed by atoms with Gasteiger partial charge >= 0.3 is 5.97 Å². The van der Waals surface area contributed by atoms with E-state index in [9.17, 15) is 14.4 Å². The molecule has 5 heteroatoms. The molecular formula is C17H14O4S. The summed E-state index contributed by atoms with van der Waals surface area (Å²) in [6.45, 7) is 1.47. The fraction of sp³-hybridized carbons (Fsp3) is 0.235. The summed E-state index contributed by atoms with van der Waals surface area (Å²) >= 11 is 1.44. The van der Waals surface area contributed by atoms with Crippen LogP contribution >= 0.6 is 11.3 Å². The van der Waals surface area contributed by atoms with Crippen molar-refractivity contribution in [1.82, 2.24) is 0 Å². The lowest BCUT2D eigenvalue weighted by Gasteiger charge is -2.27. The lowest BCUT2D eigenvalue weighted by Crippen LogP contribution is -2.38. The first-order valence-corrected chi connectivity index (χ1v) is 7.83. The minimum atomic E-state index is -0.961. The van der Waals surface area contributed by atoms with E-state index in [1.165, 1.54) is 18.3 Å². The monoisotopic (exact) mass is 314 g/mol. The number of carbonyl (C=O) groups excluding carboxylic acids is 3. The molecule has 0 fully saturated rings. The van der Waals surface area contributed by atoms with E-state index in [2.05, 4.69) is 0 Å². The maximum atomic E-state index is 12.7. The summed E-state index contributed by atoms with van der Waals surface area (Å²) in [6, 6.07) is 10.4. The van der Waals surface area contributed by atoms with Gasteiger partial charge in [-0.15, -0.1) is 11.3 Å². The molecule has 1 aliphatic heterocycles. The molecular weight excluding hydrogens is 300 g/mol. The first-order chi connectivity index (χ1) is 10.6. The number of hydrogen-bond donors (Lipinski definition) is 0. The van der Waals surface area contributed by atoms with Crippen LogP contribution in [0.2, 0.25) is 0 Å². The Kier molecular flexibility index (Phi) is 3.90. The maximum absolute atomic E-state index is 12.7. The van der Waals surface area contributed by atoms with Crippen molar-refractivity contribution >= 4 is 28.9 Å². The summed E-state index contributed by atoms with van der Waals surface area (Å²) in [5.41, 5.74) is 0.400. The summed E-state index contributed by atoms with van der Waals surface area (Å²) in [5.74, 6) is -2.04. The number of carbonyl (C=O) groups is 3. The number of rotatable bonds is 4. The third kappa shape index (κ3) is 2.60. The average Bonchev–Trinajstić information content (AvgIpc) is 3.00. The molecule has 112 valence electrons. The standard InChI is InChI=1S/C17H14O4S/c1-10(18)9-12(14-7-4-8-22-14)15-16(19)11-5-2-3-6-13(11)21-17(15)20/h2-8,12,15H,9H2,1H3. The van der Waals surface area contributed by atoms with E-state index in [1.807, 2.05) is 17.5 Å². The quantitative estimate of drug-likeness (QED) is 0.494. The van der Waals surface area contributed by atoms with E-state index >= 15 is 0 Å². The van der Waals surface area contributed by atoms with Crippen molar-refractivity contribution in [3.63, 3.8) is 0 Å². The Bertz CT molecular complexity index is 733. The lowest BCUT2D eigenvalue weighted by atomic mass is 9.80. The average molecular weight is 314 g/mol. The third-order valence-electron chi connectivity index (χ3n) is 3.72. The van der Waals surface area contributed by atoms with Crippen LogP contribution in [0.15, 0.2) is 41.8 Å². The second-order valence-electron chi connectivity index (χ2n) is 5.29. The van der Waals surface area contributed by atoms with Crippen LogP contribution in [0.3, 0.4) is 0 Å². The molecule has 1 aromatic heterocycles. The van der Waals surface area contributed by atoms with Gasteiger partial charge in [-0.25, -0.2) is 0 Å². The Morgan fingerprint density at radius 1 is 1.23 bits per heavy atom. The lowest BCUT2D eigenvalue weighted by molar-refractivity contribution is -0.138. The van der Waals surface area contributed by atoms with Gasteiger partial charge < -0.3 is 9.53 Å². The molecule has 2 heterocycles. The van der Waals surface area contributed by atoms with Crippen LogP contribution < -0.4 is 4.74 Å². The van der Waals surface area contributed by atoms with Crippen LogP contribution in [0.4, 0.5) is 0 Å². The Labute approximate surface area is 131 Å².